The van der Waals surface area contributed by atoms with E-state index in [-0.39, 0.29) is 11.6 Å². The van der Waals surface area contributed by atoms with Gasteiger partial charge in [0.05, 0.1) is 10.7 Å². The molecule has 0 fully saturated rings. The second-order valence-corrected chi connectivity index (χ2v) is 6.91. The summed E-state index contributed by atoms with van der Waals surface area (Å²) in [5, 5.41) is 12.5. The van der Waals surface area contributed by atoms with E-state index >= 15 is 0 Å². The van der Waals surface area contributed by atoms with Crippen molar-refractivity contribution in [1.29, 1.82) is 0 Å². The second kappa shape index (κ2) is 6.98. The Labute approximate surface area is 147 Å². The van der Waals surface area contributed by atoms with Gasteiger partial charge in [0.25, 0.3) is 11.5 Å². The quantitative estimate of drug-likeness (QED) is 0.640. The van der Waals surface area contributed by atoms with Crippen molar-refractivity contribution in [2.24, 2.45) is 0 Å². The van der Waals surface area contributed by atoms with E-state index in [1.54, 1.807) is 5.38 Å². The SMILES string of the molecule is Cc1cc(C[C@@H](C)NC(=O)c2cnc(-c3csc(C)n3)[nH]c2=O)n[nH]1. The van der Waals surface area contributed by atoms with Crippen molar-refractivity contribution in [2.75, 3.05) is 0 Å². The first-order valence-electron chi connectivity index (χ1n) is 7.76. The third-order valence-corrected chi connectivity index (χ3v) is 4.33. The van der Waals surface area contributed by atoms with Gasteiger partial charge in [0.2, 0.25) is 0 Å². The third kappa shape index (κ3) is 4.00. The first kappa shape index (κ1) is 17.0. The van der Waals surface area contributed by atoms with Crippen LogP contribution >= 0.6 is 11.3 Å². The second-order valence-electron chi connectivity index (χ2n) is 5.85. The first-order chi connectivity index (χ1) is 11.9. The zero-order valence-electron chi connectivity index (χ0n) is 14.1. The first-order valence-corrected chi connectivity index (χ1v) is 8.64. The monoisotopic (exact) mass is 358 g/mol. The lowest BCUT2D eigenvalue weighted by Crippen LogP contribution is -2.37. The summed E-state index contributed by atoms with van der Waals surface area (Å²) in [6, 6.07) is 1.75. The Bertz CT molecular complexity index is 957. The van der Waals surface area contributed by atoms with E-state index in [4.69, 9.17) is 0 Å². The molecule has 0 saturated heterocycles. The summed E-state index contributed by atoms with van der Waals surface area (Å²) in [5.74, 6) is -0.111. The Hall–Kier alpha value is -2.81. The summed E-state index contributed by atoms with van der Waals surface area (Å²) in [4.78, 5) is 35.5. The highest BCUT2D eigenvalue weighted by molar-refractivity contribution is 7.09. The lowest BCUT2D eigenvalue weighted by molar-refractivity contribution is 0.0938. The molecule has 0 aromatic carbocycles. The zero-order chi connectivity index (χ0) is 18.0. The largest absolute Gasteiger partial charge is 0.349 e. The molecule has 3 aromatic rings. The minimum atomic E-state index is -0.490. The number of carbonyl (C=O) groups excluding carboxylic acids is 1. The Morgan fingerprint density at radius 3 is 2.80 bits per heavy atom. The van der Waals surface area contributed by atoms with Crippen LogP contribution < -0.4 is 10.9 Å². The van der Waals surface area contributed by atoms with Crippen molar-refractivity contribution in [3.63, 3.8) is 0 Å². The molecule has 0 bridgehead atoms. The normalized spacial score (nSPS) is 12.1. The molecule has 0 unspecified atom stereocenters. The van der Waals surface area contributed by atoms with Gasteiger partial charge in [0.1, 0.15) is 11.3 Å². The number of nitrogens with zero attached hydrogens (tertiary/aromatic N) is 3. The van der Waals surface area contributed by atoms with Crippen LogP contribution in [0.4, 0.5) is 0 Å². The number of aromatic nitrogens is 5. The molecule has 1 atom stereocenters. The van der Waals surface area contributed by atoms with Gasteiger partial charge in [-0.3, -0.25) is 14.7 Å². The maximum atomic E-state index is 12.3. The molecule has 1 amide bonds. The molecular formula is C16H18N6O2S. The van der Waals surface area contributed by atoms with E-state index in [9.17, 15) is 9.59 Å². The van der Waals surface area contributed by atoms with E-state index in [0.29, 0.717) is 17.9 Å². The van der Waals surface area contributed by atoms with Gasteiger partial charge in [0, 0.05) is 29.7 Å². The topological polar surface area (TPSA) is 116 Å². The molecule has 0 aliphatic rings. The van der Waals surface area contributed by atoms with E-state index in [1.807, 2.05) is 26.8 Å². The molecule has 25 heavy (non-hydrogen) atoms. The Kier molecular flexibility index (Phi) is 4.75. The molecule has 3 rings (SSSR count). The number of hydrogen-bond donors (Lipinski definition) is 3. The summed E-state index contributed by atoms with van der Waals surface area (Å²) in [6.07, 6.45) is 1.85. The van der Waals surface area contributed by atoms with Gasteiger partial charge in [-0.15, -0.1) is 11.3 Å². The number of hydrogen-bond acceptors (Lipinski definition) is 6. The predicted octanol–water partition coefficient (Wildman–Crippen LogP) is 1.59. The summed E-state index contributed by atoms with van der Waals surface area (Å²) in [5.41, 5.74) is 1.89. The molecule has 0 aliphatic carbocycles. The van der Waals surface area contributed by atoms with Crippen molar-refractivity contribution in [2.45, 2.75) is 33.2 Å². The van der Waals surface area contributed by atoms with Crippen LogP contribution in [0.5, 0.6) is 0 Å². The van der Waals surface area contributed by atoms with Gasteiger partial charge in [-0.05, 0) is 26.8 Å². The van der Waals surface area contributed by atoms with Gasteiger partial charge < -0.3 is 10.3 Å². The Morgan fingerprint density at radius 2 is 2.20 bits per heavy atom. The molecule has 0 radical (unpaired) electrons. The van der Waals surface area contributed by atoms with Gasteiger partial charge >= 0.3 is 0 Å². The minimum Gasteiger partial charge on any atom is -0.349 e. The van der Waals surface area contributed by atoms with E-state index in [1.165, 1.54) is 17.5 Å². The van der Waals surface area contributed by atoms with Crippen LogP contribution in [0.1, 0.15) is 33.7 Å². The standard InChI is InChI=1S/C16H18N6O2S/c1-8(4-11-5-9(2)21-22-11)18-15(23)12-6-17-14(20-16(12)24)13-7-25-10(3)19-13/h5-8H,4H2,1-3H3,(H,18,23)(H,21,22)(H,17,20,24)/t8-/m1/s1. The smallest absolute Gasteiger partial charge is 0.264 e. The van der Waals surface area contributed by atoms with Gasteiger partial charge in [0.15, 0.2) is 5.82 Å². The van der Waals surface area contributed by atoms with Crippen LogP contribution in [0.25, 0.3) is 11.5 Å². The molecule has 0 saturated carbocycles. The molecule has 3 N–H and O–H groups in total. The van der Waals surface area contributed by atoms with Crippen LogP contribution in [0.2, 0.25) is 0 Å². The minimum absolute atomic E-state index is 0.0271. The van der Waals surface area contributed by atoms with Crippen LogP contribution in [0, 0.1) is 13.8 Å². The summed E-state index contributed by atoms with van der Waals surface area (Å²) >= 11 is 1.47. The van der Waals surface area contributed by atoms with Crippen molar-refractivity contribution >= 4 is 17.2 Å². The Balaban J connectivity index is 1.70. The van der Waals surface area contributed by atoms with Crippen LogP contribution in [-0.4, -0.2) is 37.1 Å². The molecule has 0 spiro atoms. The van der Waals surface area contributed by atoms with Crippen molar-refractivity contribution in [1.82, 2.24) is 30.5 Å². The van der Waals surface area contributed by atoms with Gasteiger partial charge in [-0.1, -0.05) is 0 Å². The number of aromatic amines is 2. The van der Waals surface area contributed by atoms with Crippen molar-refractivity contribution in [3.05, 3.63) is 50.0 Å². The predicted molar refractivity (Wildman–Crippen MR) is 94.7 cm³/mol. The molecule has 9 heteroatoms. The van der Waals surface area contributed by atoms with E-state index < -0.39 is 11.5 Å². The summed E-state index contributed by atoms with van der Waals surface area (Å²) < 4.78 is 0. The number of carbonyl (C=O) groups is 1. The molecule has 130 valence electrons. The highest BCUT2D eigenvalue weighted by atomic mass is 32.1. The maximum absolute atomic E-state index is 12.3. The summed E-state index contributed by atoms with van der Waals surface area (Å²) in [7, 11) is 0. The number of aryl methyl sites for hydroxylation is 2. The fraction of sp³-hybridized carbons (Fsp3) is 0.312. The lowest BCUT2D eigenvalue weighted by Gasteiger charge is -2.12. The van der Waals surface area contributed by atoms with Gasteiger partial charge in [-0.2, -0.15) is 5.10 Å². The van der Waals surface area contributed by atoms with Crippen LogP contribution in [-0.2, 0) is 6.42 Å². The van der Waals surface area contributed by atoms with E-state index in [2.05, 4.69) is 30.5 Å². The fourth-order valence-corrected chi connectivity index (χ4v) is 3.00. The van der Waals surface area contributed by atoms with E-state index in [0.717, 1.165) is 16.4 Å². The number of amides is 1. The molecular weight excluding hydrogens is 340 g/mol. The average Bonchev–Trinajstić information content (AvgIpc) is 3.15. The molecule has 0 aliphatic heterocycles. The number of rotatable bonds is 5. The lowest BCUT2D eigenvalue weighted by atomic mass is 10.1. The number of thiazole rings is 1. The van der Waals surface area contributed by atoms with Crippen LogP contribution in [0.3, 0.4) is 0 Å². The van der Waals surface area contributed by atoms with Crippen LogP contribution in [0.15, 0.2) is 22.4 Å². The highest BCUT2D eigenvalue weighted by Gasteiger charge is 2.16. The zero-order valence-corrected chi connectivity index (χ0v) is 14.9. The van der Waals surface area contributed by atoms with Gasteiger partial charge in [-0.25, -0.2) is 9.97 Å². The number of H-pyrrole nitrogens is 2. The highest BCUT2D eigenvalue weighted by Crippen LogP contribution is 2.16. The fourth-order valence-electron chi connectivity index (χ4n) is 2.40. The molecule has 8 nitrogen and oxygen atoms in total. The third-order valence-electron chi connectivity index (χ3n) is 3.56. The number of nitrogens with one attached hydrogen (secondary N) is 3. The van der Waals surface area contributed by atoms with Crippen molar-refractivity contribution in [3.8, 4) is 11.5 Å². The van der Waals surface area contributed by atoms with Crippen molar-refractivity contribution < 1.29 is 4.79 Å². The molecule has 3 heterocycles. The molecule has 3 aromatic heterocycles. The summed E-state index contributed by atoms with van der Waals surface area (Å²) in [6.45, 7) is 5.64. The Morgan fingerprint density at radius 1 is 1.40 bits per heavy atom. The average molecular weight is 358 g/mol. The maximum Gasteiger partial charge on any atom is 0.264 e.